The van der Waals surface area contributed by atoms with Crippen molar-refractivity contribution in [2.24, 2.45) is 5.92 Å². The van der Waals surface area contributed by atoms with E-state index in [2.05, 4.69) is 4.98 Å². The van der Waals surface area contributed by atoms with Gasteiger partial charge in [0.1, 0.15) is 11.4 Å². The van der Waals surface area contributed by atoms with Crippen molar-refractivity contribution in [3.8, 4) is 0 Å². The van der Waals surface area contributed by atoms with Crippen LogP contribution in [-0.4, -0.2) is 46.9 Å². The summed E-state index contributed by atoms with van der Waals surface area (Å²) in [5, 5.41) is 0. The van der Waals surface area contributed by atoms with Gasteiger partial charge in [0.15, 0.2) is 0 Å². The summed E-state index contributed by atoms with van der Waals surface area (Å²) in [4.78, 5) is 29.4. The number of carbonyl (C=O) groups is 2. The van der Waals surface area contributed by atoms with E-state index in [1.165, 1.54) is 23.2 Å². The molecular weight excluding hydrogens is 351 g/mol. The SMILES string of the molecule is CC(C)(C)OC(=O)N1CCCC(C(=O)N(c2ccccn2)C(F)(F)F)C1. The summed E-state index contributed by atoms with van der Waals surface area (Å²) in [6, 6.07) is 3.97. The molecule has 9 heteroatoms. The van der Waals surface area contributed by atoms with E-state index in [-0.39, 0.29) is 17.9 Å². The van der Waals surface area contributed by atoms with Gasteiger partial charge in [-0.3, -0.25) is 4.79 Å². The Balaban J connectivity index is 2.17. The standard InChI is InChI=1S/C17H22F3N3O3/c1-16(2,3)26-15(25)22-10-6-7-12(11-22)14(24)23(17(18,19)20)13-8-4-5-9-21-13/h4-5,8-9,12H,6-7,10-11H2,1-3H3. The Morgan fingerprint density at radius 2 is 1.96 bits per heavy atom. The van der Waals surface area contributed by atoms with E-state index in [0.29, 0.717) is 13.0 Å². The van der Waals surface area contributed by atoms with Crippen molar-refractivity contribution in [1.82, 2.24) is 9.88 Å². The minimum Gasteiger partial charge on any atom is -0.444 e. The van der Waals surface area contributed by atoms with Crippen LogP contribution in [-0.2, 0) is 9.53 Å². The highest BCUT2D eigenvalue weighted by atomic mass is 19.4. The molecule has 1 aromatic heterocycles. The Morgan fingerprint density at radius 3 is 2.50 bits per heavy atom. The number of amides is 2. The molecule has 0 N–H and O–H groups in total. The van der Waals surface area contributed by atoms with Gasteiger partial charge < -0.3 is 9.64 Å². The molecule has 2 amide bonds. The molecule has 6 nitrogen and oxygen atoms in total. The first kappa shape index (κ1) is 20.0. The number of nitrogens with zero attached hydrogens (tertiary/aromatic N) is 3. The zero-order valence-electron chi connectivity index (χ0n) is 14.9. The first-order chi connectivity index (χ1) is 12.0. The van der Waals surface area contributed by atoms with Crippen molar-refractivity contribution in [1.29, 1.82) is 0 Å². The molecule has 0 aromatic carbocycles. The molecule has 144 valence electrons. The normalized spacial score (nSPS) is 18.4. The van der Waals surface area contributed by atoms with Gasteiger partial charge in [-0.05, 0) is 45.7 Å². The van der Waals surface area contributed by atoms with Crippen LogP contribution in [0.3, 0.4) is 0 Å². The van der Waals surface area contributed by atoms with Gasteiger partial charge in [-0.2, -0.15) is 0 Å². The fraction of sp³-hybridized carbons (Fsp3) is 0.588. The second-order valence-corrected chi connectivity index (χ2v) is 7.09. The van der Waals surface area contributed by atoms with Crippen LogP contribution in [0.4, 0.5) is 23.8 Å². The van der Waals surface area contributed by atoms with Crippen LogP contribution in [0.5, 0.6) is 0 Å². The maximum atomic E-state index is 13.4. The molecule has 2 heterocycles. The fourth-order valence-corrected chi connectivity index (χ4v) is 2.71. The third-order valence-electron chi connectivity index (χ3n) is 3.77. The van der Waals surface area contributed by atoms with Gasteiger partial charge in [0.05, 0.1) is 5.92 Å². The predicted molar refractivity (Wildman–Crippen MR) is 88.3 cm³/mol. The van der Waals surface area contributed by atoms with Crippen molar-refractivity contribution in [3.63, 3.8) is 0 Å². The second kappa shape index (κ2) is 7.51. The van der Waals surface area contributed by atoms with Crippen LogP contribution < -0.4 is 4.90 Å². The highest BCUT2D eigenvalue weighted by molar-refractivity contribution is 5.95. The molecular formula is C17H22F3N3O3. The zero-order chi connectivity index (χ0) is 19.5. The highest BCUT2D eigenvalue weighted by Crippen LogP contribution is 2.31. The molecule has 0 aliphatic carbocycles. The van der Waals surface area contributed by atoms with E-state index in [1.807, 2.05) is 0 Å². The average molecular weight is 373 g/mol. The van der Waals surface area contributed by atoms with Crippen LogP contribution in [0.25, 0.3) is 0 Å². The smallest absolute Gasteiger partial charge is 0.444 e. The van der Waals surface area contributed by atoms with Crippen LogP contribution in [0.15, 0.2) is 24.4 Å². The Hall–Kier alpha value is -2.32. The van der Waals surface area contributed by atoms with E-state index in [0.717, 1.165) is 6.07 Å². The lowest BCUT2D eigenvalue weighted by Gasteiger charge is -2.35. The molecule has 1 aromatic rings. The minimum atomic E-state index is -4.90. The summed E-state index contributed by atoms with van der Waals surface area (Å²) in [6.45, 7) is 5.32. The summed E-state index contributed by atoms with van der Waals surface area (Å²) >= 11 is 0. The van der Waals surface area contributed by atoms with Crippen molar-refractivity contribution < 1.29 is 27.5 Å². The van der Waals surface area contributed by atoms with Crippen molar-refractivity contribution >= 4 is 17.8 Å². The molecule has 1 aliphatic heterocycles. The number of rotatable bonds is 2. The molecule has 26 heavy (non-hydrogen) atoms. The number of anilines is 1. The first-order valence-electron chi connectivity index (χ1n) is 8.29. The number of carbonyl (C=O) groups excluding carboxylic acids is 2. The molecule has 1 fully saturated rings. The van der Waals surface area contributed by atoms with Crippen LogP contribution in [0.2, 0.25) is 0 Å². The number of halogens is 3. The lowest BCUT2D eigenvalue weighted by atomic mass is 9.97. The molecule has 0 bridgehead atoms. The second-order valence-electron chi connectivity index (χ2n) is 7.09. The molecule has 1 aliphatic rings. The van der Waals surface area contributed by atoms with E-state index < -0.39 is 35.6 Å². The van der Waals surface area contributed by atoms with E-state index >= 15 is 0 Å². The quantitative estimate of drug-likeness (QED) is 0.744. The van der Waals surface area contributed by atoms with E-state index in [1.54, 1.807) is 20.8 Å². The monoisotopic (exact) mass is 373 g/mol. The summed E-state index contributed by atoms with van der Waals surface area (Å²) in [5.74, 6) is -2.58. The topological polar surface area (TPSA) is 62.7 Å². The predicted octanol–water partition coefficient (Wildman–Crippen LogP) is 3.58. The lowest BCUT2D eigenvalue weighted by Crippen LogP contribution is -2.52. The summed E-state index contributed by atoms with van der Waals surface area (Å²) in [6.07, 6.45) is -3.66. The van der Waals surface area contributed by atoms with Crippen LogP contribution in [0, 0.1) is 5.92 Å². The van der Waals surface area contributed by atoms with Crippen molar-refractivity contribution in [2.45, 2.75) is 45.5 Å². The Kier molecular flexibility index (Phi) is 5.77. The van der Waals surface area contributed by atoms with Gasteiger partial charge in [0.2, 0.25) is 5.91 Å². The molecule has 2 rings (SSSR count). The molecule has 0 radical (unpaired) electrons. The summed E-state index contributed by atoms with van der Waals surface area (Å²) < 4.78 is 45.6. The fourth-order valence-electron chi connectivity index (χ4n) is 2.71. The lowest BCUT2D eigenvalue weighted by molar-refractivity contribution is -0.154. The van der Waals surface area contributed by atoms with Crippen molar-refractivity contribution in [2.75, 3.05) is 18.0 Å². The van der Waals surface area contributed by atoms with Crippen LogP contribution >= 0.6 is 0 Å². The highest BCUT2D eigenvalue weighted by Gasteiger charge is 2.46. The summed E-state index contributed by atoms with van der Waals surface area (Å²) in [5.41, 5.74) is -0.722. The largest absolute Gasteiger partial charge is 0.492 e. The van der Waals surface area contributed by atoms with Gasteiger partial charge >= 0.3 is 12.4 Å². The third kappa shape index (κ3) is 5.09. The number of aromatic nitrogens is 1. The number of piperidine rings is 1. The molecule has 0 saturated carbocycles. The average Bonchev–Trinajstić information content (AvgIpc) is 2.53. The third-order valence-corrected chi connectivity index (χ3v) is 3.77. The summed E-state index contributed by atoms with van der Waals surface area (Å²) in [7, 11) is 0. The number of alkyl halides is 3. The van der Waals surface area contributed by atoms with Gasteiger partial charge in [0.25, 0.3) is 0 Å². The molecule has 1 unspecified atom stereocenters. The van der Waals surface area contributed by atoms with Gasteiger partial charge in [-0.25, -0.2) is 14.7 Å². The van der Waals surface area contributed by atoms with E-state index in [9.17, 15) is 22.8 Å². The first-order valence-corrected chi connectivity index (χ1v) is 8.29. The van der Waals surface area contributed by atoms with Gasteiger partial charge in [-0.15, -0.1) is 13.2 Å². The van der Waals surface area contributed by atoms with Crippen LogP contribution in [0.1, 0.15) is 33.6 Å². The van der Waals surface area contributed by atoms with E-state index in [4.69, 9.17) is 4.74 Å². The van der Waals surface area contributed by atoms with Gasteiger partial charge in [-0.1, -0.05) is 6.07 Å². The molecule has 0 spiro atoms. The van der Waals surface area contributed by atoms with Crippen molar-refractivity contribution in [3.05, 3.63) is 24.4 Å². The zero-order valence-corrected chi connectivity index (χ0v) is 14.9. The molecule has 1 atom stereocenters. The Bertz CT molecular complexity index is 644. The van der Waals surface area contributed by atoms with Gasteiger partial charge in [0, 0.05) is 19.3 Å². The number of pyridine rings is 1. The molecule has 1 saturated heterocycles. The number of hydrogen-bond donors (Lipinski definition) is 0. The number of likely N-dealkylation sites (tertiary alicyclic amines) is 1. The number of hydrogen-bond acceptors (Lipinski definition) is 4. The maximum absolute atomic E-state index is 13.4. The Labute approximate surface area is 149 Å². The minimum absolute atomic E-state index is 0.118. The Morgan fingerprint density at radius 1 is 1.27 bits per heavy atom. The maximum Gasteiger partial charge on any atom is 0.492 e. The number of ether oxygens (including phenoxy) is 1.